The number of nitrogens with zero attached hydrogens (tertiary/aromatic N) is 2. The maximum atomic E-state index is 12.0. The molecule has 0 unspecified atom stereocenters. The summed E-state index contributed by atoms with van der Waals surface area (Å²) in [6, 6.07) is 0. The van der Waals surface area contributed by atoms with Crippen LogP contribution in [-0.4, -0.2) is 22.5 Å². The molecule has 0 aliphatic carbocycles. The van der Waals surface area contributed by atoms with Gasteiger partial charge in [0.2, 0.25) is 5.91 Å². The molecule has 1 aliphatic heterocycles. The van der Waals surface area contributed by atoms with Gasteiger partial charge in [-0.25, -0.2) is 0 Å². The molecule has 1 aromatic rings. The Balaban J connectivity index is 2.01. The second kappa shape index (κ2) is 3.92. The number of amides is 1. The largest absolute Gasteiger partial charge is 0.361 e. The van der Waals surface area contributed by atoms with Gasteiger partial charge in [0.25, 0.3) is 0 Å². The highest BCUT2D eigenvalue weighted by Gasteiger charge is 2.26. The van der Waals surface area contributed by atoms with Crippen molar-refractivity contribution in [2.75, 3.05) is 6.54 Å². The van der Waals surface area contributed by atoms with Crippen LogP contribution in [0, 0.1) is 5.41 Å². The smallest absolute Gasteiger partial charge is 0.223 e. The summed E-state index contributed by atoms with van der Waals surface area (Å²) in [5.74, 6) is 1.15. The Morgan fingerprint density at radius 2 is 2.31 bits per heavy atom. The lowest BCUT2D eigenvalue weighted by atomic mass is 9.91. The van der Waals surface area contributed by atoms with E-state index in [0.29, 0.717) is 13.0 Å². The minimum Gasteiger partial charge on any atom is -0.361 e. The van der Waals surface area contributed by atoms with Crippen LogP contribution in [0.1, 0.15) is 38.5 Å². The summed E-state index contributed by atoms with van der Waals surface area (Å²) in [5.41, 5.74) is 1.10. The van der Waals surface area contributed by atoms with Gasteiger partial charge in [0.1, 0.15) is 5.76 Å². The Labute approximate surface area is 95.6 Å². The van der Waals surface area contributed by atoms with E-state index in [1.54, 1.807) is 6.20 Å². The molecule has 0 N–H and O–H groups in total. The van der Waals surface area contributed by atoms with E-state index in [1.807, 2.05) is 4.90 Å². The third-order valence-corrected chi connectivity index (χ3v) is 2.73. The van der Waals surface area contributed by atoms with Gasteiger partial charge in [-0.3, -0.25) is 4.79 Å². The minimum atomic E-state index is 0.0476. The maximum absolute atomic E-state index is 12.0. The van der Waals surface area contributed by atoms with Crippen molar-refractivity contribution in [1.29, 1.82) is 0 Å². The second-order valence-corrected chi connectivity index (χ2v) is 5.58. The Morgan fingerprint density at radius 1 is 1.56 bits per heavy atom. The van der Waals surface area contributed by atoms with E-state index >= 15 is 0 Å². The lowest BCUT2D eigenvalue weighted by molar-refractivity contribution is -0.134. The number of carbonyl (C=O) groups excluding carboxylic acids is 1. The first-order valence-corrected chi connectivity index (χ1v) is 5.66. The molecule has 16 heavy (non-hydrogen) atoms. The molecule has 0 bridgehead atoms. The van der Waals surface area contributed by atoms with Gasteiger partial charge in [0, 0.05) is 24.9 Å². The van der Waals surface area contributed by atoms with Gasteiger partial charge in [-0.05, 0) is 5.41 Å². The van der Waals surface area contributed by atoms with Gasteiger partial charge < -0.3 is 9.42 Å². The summed E-state index contributed by atoms with van der Waals surface area (Å²) in [6.07, 6.45) is 3.09. The quantitative estimate of drug-likeness (QED) is 0.730. The number of aromatic nitrogens is 1. The van der Waals surface area contributed by atoms with Crippen molar-refractivity contribution in [2.24, 2.45) is 5.41 Å². The molecule has 1 aliphatic rings. The topological polar surface area (TPSA) is 46.3 Å². The Bertz CT molecular complexity index is 390. The van der Waals surface area contributed by atoms with E-state index in [1.165, 1.54) is 0 Å². The van der Waals surface area contributed by atoms with Gasteiger partial charge in [-0.15, -0.1) is 0 Å². The van der Waals surface area contributed by atoms with E-state index in [4.69, 9.17) is 4.52 Å². The van der Waals surface area contributed by atoms with Gasteiger partial charge >= 0.3 is 0 Å². The van der Waals surface area contributed by atoms with Crippen molar-refractivity contribution in [1.82, 2.24) is 10.1 Å². The third-order valence-electron chi connectivity index (χ3n) is 2.73. The predicted octanol–water partition coefficient (Wildman–Crippen LogP) is 2.00. The molecule has 0 aromatic carbocycles. The first-order valence-electron chi connectivity index (χ1n) is 5.66. The average molecular weight is 222 g/mol. The van der Waals surface area contributed by atoms with Gasteiger partial charge in [0.05, 0.1) is 12.7 Å². The third kappa shape index (κ3) is 2.43. The Morgan fingerprint density at radius 3 is 3.00 bits per heavy atom. The first-order chi connectivity index (χ1) is 7.46. The van der Waals surface area contributed by atoms with Crippen LogP contribution in [0.15, 0.2) is 10.7 Å². The maximum Gasteiger partial charge on any atom is 0.223 e. The number of hydrogen-bond acceptors (Lipinski definition) is 3. The summed E-state index contributed by atoms with van der Waals surface area (Å²) in [5, 5.41) is 3.76. The molecular formula is C12H18N2O2. The predicted molar refractivity (Wildman–Crippen MR) is 59.7 cm³/mol. The number of rotatable bonds is 1. The van der Waals surface area contributed by atoms with Crippen molar-refractivity contribution in [2.45, 2.75) is 40.2 Å². The summed E-state index contributed by atoms with van der Waals surface area (Å²) in [6.45, 7) is 7.64. The monoisotopic (exact) mass is 222 g/mol. The lowest BCUT2D eigenvalue weighted by Gasteiger charge is -2.28. The molecule has 4 heteroatoms. The fourth-order valence-electron chi connectivity index (χ4n) is 1.92. The van der Waals surface area contributed by atoms with Crippen molar-refractivity contribution in [3.63, 3.8) is 0 Å². The summed E-state index contributed by atoms with van der Waals surface area (Å²) in [4.78, 5) is 13.9. The fourth-order valence-corrected chi connectivity index (χ4v) is 1.92. The molecule has 0 saturated heterocycles. The molecular weight excluding hydrogens is 204 g/mol. The zero-order valence-corrected chi connectivity index (χ0v) is 10.1. The number of hydrogen-bond donors (Lipinski definition) is 0. The van der Waals surface area contributed by atoms with E-state index in [2.05, 4.69) is 25.9 Å². The Kier molecular flexibility index (Phi) is 2.74. The standard InChI is InChI=1S/C12H18N2O2/c1-12(2,3)6-11(15)14-5-4-10-9(8-14)7-13-16-10/h7H,4-6,8H2,1-3H3. The highest BCUT2D eigenvalue weighted by atomic mass is 16.5. The molecule has 2 rings (SSSR count). The molecule has 1 amide bonds. The molecule has 4 nitrogen and oxygen atoms in total. The summed E-state index contributed by atoms with van der Waals surface area (Å²) in [7, 11) is 0. The molecule has 0 saturated carbocycles. The molecule has 2 heterocycles. The molecule has 88 valence electrons. The number of carbonyl (C=O) groups is 1. The van der Waals surface area contributed by atoms with Crippen LogP contribution < -0.4 is 0 Å². The molecule has 0 radical (unpaired) electrons. The zero-order valence-electron chi connectivity index (χ0n) is 10.1. The normalized spacial score (nSPS) is 16.1. The highest BCUT2D eigenvalue weighted by Crippen LogP contribution is 2.23. The molecule has 0 spiro atoms. The van der Waals surface area contributed by atoms with E-state index in [-0.39, 0.29) is 11.3 Å². The molecule has 0 atom stereocenters. The molecule has 1 aromatic heterocycles. The lowest BCUT2D eigenvalue weighted by Crippen LogP contribution is -2.37. The zero-order chi connectivity index (χ0) is 11.8. The van der Waals surface area contributed by atoms with Crippen LogP contribution in [-0.2, 0) is 17.8 Å². The van der Waals surface area contributed by atoms with Gasteiger partial charge in [0.15, 0.2) is 0 Å². The average Bonchev–Trinajstić information content (AvgIpc) is 2.61. The number of fused-ring (bicyclic) bond motifs is 1. The van der Waals surface area contributed by atoms with Crippen molar-refractivity contribution >= 4 is 5.91 Å². The van der Waals surface area contributed by atoms with Crippen LogP contribution in [0.25, 0.3) is 0 Å². The minimum absolute atomic E-state index is 0.0476. The highest BCUT2D eigenvalue weighted by molar-refractivity contribution is 5.77. The SMILES string of the molecule is CC(C)(C)CC(=O)N1CCc2oncc2C1. The first kappa shape index (κ1) is 11.2. The van der Waals surface area contributed by atoms with Gasteiger partial charge in [-0.2, -0.15) is 0 Å². The fraction of sp³-hybridized carbons (Fsp3) is 0.667. The van der Waals surface area contributed by atoms with Crippen LogP contribution in [0.5, 0.6) is 0 Å². The Hall–Kier alpha value is -1.32. The van der Waals surface area contributed by atoms with Crippen molar-refractivity contribution in [3.8, 4) is 0 Å². The van der Waals surface area contributed by atoms with E-state index in [9.17, 15) is 4.79 Å². The van der Waals surface area contributed by atoms with Crippen LogP contribution in [0.2, 0.25) is 0 Å². The summed E-state index contributed by atoms with van der Waals surface area (Å²) < 4.78 is 5.10. The second-order valence-electron chi connectivity index (χ2n) is 5.58. The molecule has 0 fully saturated rings. The van der Waals surface area contributed by atoms with Crippen molar-refractivity contribution < 1.29 is 9.32 Å². The van der Waals surface area contributed by atoms with Crippen molar-refractivity contribution in [3.05, 3.63) is 17.5 Å². The van der Waals surface area contributed by atoms with E-state index in [0.717, 1.165) is 24.3 Å². The van der Waals surface area contributed by atoms with Gasteiger partial charge in [-0.1, -0.05) is 25.9 Å². The van der Waals surface area contributed by atoms with Crippen LogP contribution in [0.3, 0.4) is 0 Å². The van der Waals surface area contributed by atoms with E-state index < -0.39 is 0 Å². The van der Waals surface area contributed by atoms with Crippen LogP contribution in [0.4, 0.5) is 0 Å². The summed E-state index contributed by atoms with van der Waals surface area (Å²) >= 11 is 0. The van der Waals surface area contributed by atoms with Crippen LogP contribution >= 0.6 is 0 Å².